The largest absolute Gasteiger partial charge is 0.496 e. The standard InChI is InChI=1S/C20H26ClN3O2.2ClH/c1-13(2)24(3)12-15-7-5-6-14(8-15)11-23-20(25)16-9-17(21)18(22)10-19(16)26-4;;/h5-10,13H,11-12,22H2,1-4H3,(H,23,25);2*1H. The van der Waals surface area contributed by atoms with Gasteiger partial charge in [-0.25, -0.2) is 0 Å². The second-order valence-electron chi connectivity index (χ2n) is 6.59. The number of nitrogens with two attached hydrogens (primary N) is 1. The number of carbonyl (C=O) groups is 1. The summed E-state index contributed by atoms with van der Waals surface area (Å²) in [6, 6.07) is 11.7. The van der Waals surface area contributed by atoms with E-state index in [9.17, 15) is 4.79 Å². The van der Waals surface area contributed by atoms with E-state index < -0.39 is 0 Å². The molecule has 5 nitrogen and oxygen atoms in total. The fourth-order valence-electron chi connectivity index (χ4n) is 2.50. The maximum Gasteiger partial charge on any atom is 0.255 e. The lowest BCUT2D eigenvalue weighted by Crippen LogP contribution is -2.26. The topological polar surface area (TPSA) is 67.6 Å². The zero-order chi connectivity index (χ0) is 19.3. The van der Waals surface area contributed by atoms with Crippen LogP contribution in [0.1, 0.15) is 35.3 Å². The Balaban J connectivity index is 0.00000364. The Morgan fingerprint density at radius 2 is 1.86 bits per heavy atom. The number of methoxy groups -OCH3 is 1. The summed E-state index contributed by atoms with van der Waals surface area (Å²) in [6.45, 7) is 5.61. The molecule has 3 N–H and O–H groups in total. The van der Waals surface area contributed by atoms with Crippen LogP contribution in [0.15, 0.2) is 36.4 Å². The lowest BCUT2D eigenvalue weighted by molar-refractivity contribution is 0.0948. The maximum absolute atomic E-state index is 12.5. The van der Waals surface area contributed by atoms with Crippen LogP contribution >= 0.6 is 36.4 Å². The molecule has 0 radical (unpaired) electrons. The quantitative estimate of drug-likeness (QED) is 0.610. The van der Waals surface area contributed by atoms with Crippen molar-refractivity contribution < 1.29 is 9.53 Å². The van der Waals surface area contributed by atoms with Crippen molar-refractivity contribution in [2.75, 3.05) is 19.9 Å². The Morgan fingerprint density at radius 1 is 1.21 bits per heavy atom. The summed E-state index contributed by atoms with van der Waals surface area (Å²) < 4.78 is 5.23. The van der Waals surface area contributed by atoms with Crippen LogP contribution in [0.2, 0.25) is 5.02 Å². The van der Waals surface area contributed by atoms with E-state index in [1.54, 1.807) is 6.07 Å². The molecule has 0 unspecified atom stereocenters. The minimum absolute atomic E-state index is 0. The van der Waals surface area contributed by atoms with Gasteiger partial charge in [-0.3, -0.25) is 9.69 Å². The molecule has 0 saturated carbocycles. The van der Waals surface area contributed by atoms with Gasteiger partial charge in [-0.15, -0.1) is 24.8 Å². The van der Waals surface area contributed by atoms with Crippen LogP contribution in [-0.2, 0) is 13.1 Å². The van der Waals surface area contributed by atoms with Crippen molar-refractivity contribution >= 4 is 48.0 Å². The van der Waals surface area contributed by atoms with Gasteiger partial charge in [0, 0.05) is 25.2 Å². The summed E-state index contributed by atoms with van der Waals surface area (Å²) in [6.07, 6.45) is 0. The molecule has 1 amide bonds. The Kier molecular flexibility index (Phi) is 11.3. The van der Waals surface area contributed by atoms with Gasteiger partial charge in [0.15, 0.2) is 0 Å². The summed E-state index contributed by atoms with van der Waals surface area (Å²) in [5.74, 6) is 0.144. The van der Waals surface area contributed by atoms with Crippen LogP contribution in [-0.4, -0.2) is 31.0 Å². The summed E-state index contributed by atoms with van der Waals surface area (Å²) in [4.78, 5) is 14.8. The molecule has 8 heteroatoms. The van der Waals surface area contributed by atoms with E-state index in [1.165, 1.54) is 18.7 Å². The highest BCUT2D eigenvalue weighted by atomic mass is 35.5. The third-order valence-electron chi connectivity index (χ3n) is 4.32. The number of ether oxygens (including phenoxy) is 1. The first kappa shape index (κ1) is 26.3. The molecule has 0 bridgehead atoms. The van der Waals surface area contributed by atoms with E-state index in [2.05, 4.69) is 43.2 Å². The van der Waals surface area contributed by atoms with Gasteiger partial charge in [-0.05, 0) is 38.1 Å². The Morgan fingerprint density at radius 3 is 2.46 bits per heavy atom. The number of carbonyl (C=O) groups excluding carboxylic acids is 1. The fraction of sp³-hybridized carbons (Fsp3) is 0.350. The van der Waals surface area contributed by atoms with Crippen LogP contribution in [0.3, 0.4) is 0 Å². The zero-order valence-corrected chi connectivity index (χ0v) is 18.9. The van der Waals surface area contributed by atoms with Crippen molar-refractivity contribution in [3.05, 3.63) is 58.1 Å². The maximum atomic E-state index is 12.5. The molecule has 0 heterocycles. The van der Waals surface area contributed by atoms with Crippen LogP contribution in [0.25, 0.3) is 0 Å². The van der Waals surface area contributed by atoms with E-state index in [0.717, 1.165) is 12.1 Å². The SMILES string of the molecule is COc1cc(N)c(Cl)cc1C(=O)NCc1cccc(CN(C)C(C)C)c1.Cl.Cl. The van der Waals surface area contributed by atoms with E-state index in [-0.39, 0.29) is 30.7 Å². The minimum Gasteiger partial charge on any atom is -0.496 e. The number of anilines is 1. The molecule has 0 aliphatic carbocycles. The molecule has 2 aromatic carbocycles. The molecule has 0 atom stereocenters. The van der Waals surface area contributed by atoms with E-state index in [1.807, 2.05) is 12.1 Å². The minimum atomic E-state index is -0.256. The molecule has 2 aromatic rings. The first-order valence-corrected chi connectivity index (χ1v) is 8.89. The summed E-state index contributed by atoms with van der Waals surface area (Å²) in [7, 11) is 3.59. The molecule has 0 saturated heterocycles. The van der Waals surface area contributed by atoms with Gasteiger partial charge in [0.2, 0.25) is 0 Å². The van der Waals surface area contributed by atoms with Gasteiger partial charge in [-0.2, -0.15) is 0 Å². The Labute approximate surface area is 184 Å². The molecule has 0 fully saturated rings. The number of amides is 1. The molecule has 28 heavy (non-hydrogen) atoms. The number of rotatable bonds is 7. The fourth-order valence-corrected chi connectivity index (χ4v) is 2.67. The van der Waals surface area contributed by atoms with Crippen LogP contribution in [0.4, 0.5) is 5.69 Å². The number of nitrogens with zero attached hydrogens (tertiary/aromatic N) is 1. The highest BCUT2D eigenvalue weighted by molar-refractivity contribution is 6.33. The number of nitrogens with one attached hydrogen (secondary N) is 1. The first-order valence-electron chi connectivity index (χ1n) is 8.51. The highest BCUT2D eigenvalue weighted by Crippen LogP contribution is 2.28. The third-order valence-corrected chi connectivity index (χ3v) is 4.65. The van der Waals surface area contributed by atoms with Gasteiger partial charge in [0.05, 0.1) is 23.4 Å². The molecular weight excluding hydrogens is 421 g/mol. The normalized spacial score (nSPS) is 10.2. The Hall–Kier alpha value is -1.66. The molecule has 0 aliphatic rings. The molecule has 0 aromatic heterocycles. The van der Waals surface area contributed by atoms with E-state index in [0.29, 0.717) is 34.6 Å². The van der Waals surface area contributed by atoms with Gasteiger partial charge < -0.3 is 15.8 Å². The number of benzene rings is 2. The lowest BCUT2D eigenvalue weighted by atomic mass is 10.1. The molecule has 2 rings (SSSR count). The molecule has 0 aliphatic heterocycles. The Bertz CT molecular complexity index is 785. The first-order chi connectivity index (χ1) is 12.3. The predicted molar refractivity (Wildman–Crippen MR) is 121 cm³/mol. The van der Waals surface area contributed by atoms with Crippen LogP contribution in [0, 0.1) is 0 Å². The van der Waals surface area contributed by atoms with Crippen molar-refractivity contribution in [1.29, 1.82) is 0 Å². The zero-order valence-electron chi connectivity index (χ0n) is 16.5. The van der Waals surface area contributed by atoms with E-state index >= 15 is 0 Å². The van der Waals surface area contributed by atoms with Crippen LogP contribution in [0.5, 0.6) is 5.75 Å². The van der Waals surface area contributed by atoms with Gasteiger partial charge in [0.1, 0.15) is 5.75 Å². The van der Waals surface area contributed by atoms with E-state index in [4.69, 9.17) is 22.1 Å². The number of hydrogen-bond donors (Lipinski definition) is 2. The van der Waals surface area contributed by atoms with Crippen molar-refractivity contribution in [1.82, 2.24) is 10.2 Å². The lowest BCUT2D eigenvalue weighted by Gasteiger charge is -2.21. The van der Waals surface area contributed by atoms with Crippen molar-refractivity contribution in [3.8, 4) is 5.75 Å². The monoisotopic (exact) mass is 447 g/mol. The third kappa shape index (κ3) is 7.06. The summed E-state index contributed by atoms with van der Waals surface area (Å²) in [5, 5.41) is 3.24. The predicted octanol–water partition coefficient (Wildman–Crippen LogP) is 4.54. The van der Waals surface area contributed by atoms with Crippen molar-refractivity contribution in [2.45, 2.75) is 33.0 Å². The van der Waals surface area contributed by atoms with Crippen LogP contribution < -0.4 is 15.8 Å². The van der Waals surface area contributed by atoms with Crippen molar-refractivity contribution in [2.24, 2.45) is 0 Å². The number of hydrogen-bond acceptors (Lipinski definition) is 4. The van der Waals surface area contributed by atoms with Gasteiger partial charge >= 0.3 is 0 Å². The average molecular weight is 449 g/mol. The summed E-state index contributed by atoms with van der Waals surface area (Å²) in [5.41, 5.74) is 8.75. The molecule has 0 spiro atoms. The van der Waals surface area contributed by atoms with Gasteiger partial charge in [0.25, 0.3) is 5.91 Å². The average Bonchev–Trinajstić information content (AvgIpc) is 2.61. The second kappa shape index (κ2) is 12.0. The van der Waals surface area contributed by atoms with Gasteiger partial charge in [-0.1, -0.05) is 35.9 Å². The second-order valence-corrected chi connectivity index (χ2v) is 6.99. The number of halogens is 3. The number of nitrogen functional groups attached to an aromatic ring is 1. The summed E-state index contributed by atoms with van der Waals surface area (Å²) >= 11 is 6.03. The molecule has 156 valence electrons. The smallest absolute Gasteiger partial charge is 0.255 e. The van der Waals surface area contributed by atoms with Crippen molar-refractivity contribution in [3.63, 3.8) is 0 Å². The molecular formula is C20H28Cl3N3O2. The highest BCUT2D eigenvalue weighted by Gasteiger charge is 2.15.